The van der Waals surface area contributed by atoms with Crippen molar-refractivity contribution in [2.45, 2.75) is 26.3 Å². The third-order valence-corrected chi connectivity index (χ3v) is 5.03. The maximum Gasteiger partial charge on any atom is 0.305 e. The molecular formula is C17H18N2O4S2. The molecule has 1 unspecified atom stereocenters. The maximum absolute atomic E-state index is 12.6. The van der Waals surface area contributed by atoms with E-state index in [0.717, 1.165) is 22.9 Å². The van der Waals surface area contributed by atoms with Crippen LogP contribution in [0.3, 0.4) is 0 Å². The van der Waals surface area contributed by atoms with E-state index in [1.165, 1.54) is 4.90 Å². The fraction of sp³-hybridized carbons (Fsp3) is 0.294. The van der Waals surface area contributed by atoms with E-state index in [1.807, 2.05) is 31.2 Å². The molecule has 1 fully saturated rings. The van der Waals surface area contributed by atoms with Gasteiger partial charge in [0.15, 0.2) is 0 Å². The summed E-state index contributed by atoms with van der Waals surface area (Å²) >= 11 is 6.40. The minimum Gasteiger partial charge on any atom is -0.481 e. The van der Waals surface area contributed by atoms with E-state index in [1.54, 1.807) is 13.0 Å². The van der Waals surface area contributed by atoms with Crippen molar-refractivity contribution in [2.24, 2.45) is 0 Å². The van der Waals surface area contributed by atoms with Crippen LogP contribution in [0.15, 0.2) is 29.2 Å². The monoisotopic (exact) mass is 378 g/mol. The maximum atomic E-state index is 12.6. The van der Waals surface area contributed by atoms with Crippen molar-refractivity contribution in [1.29, 1.82) is 0 Å². The Morgan fingerprint density at radius 3 is 2.72 bits per heavy atom. The number of carbonyl (C=O) groups excluding carboxylic acids is 2. The number of hydrogen-bond acceptors (Lipinski definition) is 5. The molecule has 1 aromatic carbocycles. The van der Waals surface area contributed by atoms with E-state index in [0.29, 0.717) is 9.23 Å². The summed E-state index contributed by atoms with van der Waals surface area (Å²) in [5.41, 5.74) is 1.95. The third kappa shape index (κ3) is 4.67. The number of thiocarbonyl (C=S) groups is 1. The molecule has 1 heterocycles. The molecule has 2 rings (SSSR count). The Kier molecular flexibility index (Phi) is 6.33. The molecule has 2 amide bonds. The fourth-order valence-electron chi connectivity index (χ4n) is 2.26. The average molecular weight is 378 g/mol. The van der Waals surface area contributed by atoms with E-state index in [4.69, 9.17) is 17.3 Å². The zero-order valence-electron chi connectivity index (χ0n) is 13.8. The van der Waals surface area contributed by atoms with Crippen LogP contribution in [0.5, 0.6) is 0 Å². The summed E-state index contributed by atoms with van der Waals surface area (Å²) in [4.78, 5) is 37.0. The van der Waals surface area contributed by atoms with Crippen molar-refractivity contribution in [3.63, 3.8) is 0 Å². The third-order valence-electron chi connectivity index (χ3n) is 3.70. The van der Waals surface area contributed by atoms with Crippen molar-refractivity contribution in [2.75, 3.05) is 6.54 Å². The lowest BCUT2D eigenvalue weighted by Crippen LogP contribution is -2.47. The number of carbonyl (C=O) groups is 3. The van der Waals surface area contributed by atoms with E-state index >= 15 is 0 Å². The van der Waals surface area contributed by atoms with E-state index in [2.05, 4.69) is 5.32 Å². The normalized spacial score (nSPS) is 17.0. The van der Waals surface area contributed by atoms with Gasteiger partial charge >= 0.3 is 5.97 Å². The molecular weight excluding hydrogens is 360 g/mol. The smallest absolute Gasteiger partial charge is 0.305 e. The molecule has 0 saturated carbocycles. The molecule has 0 bridgehead atoms. The van der Waals surface area contributed by atoms with E-state index < -0.39 is 17.9 Å². The number of amides is 2. The van der Waals surface area contributed by atoms with Gasteiger partial charge in [-0.25, -0.2) is 0 Å². The van der Waals surface area contributed by atoms with Gasteiger partial charge in [-0.1, -0.05) is 48.2 Å². The van der Waals surface area contributed by atoms with Gasteiger partial charge in [-0.2, -0.15) is 0 Å². The number of aryl methyl sites for hydroxylation is 1. The van der Waals surface area contributed by atoms with Crippen molar-refractivity contribution >= 4 is 52.2 Å². The number of hydrogen-bond donors (Lipinski definition) is 2. The minimum atomic E-state index is -1.00. The number of carboxylic acid groups (broad SMARTS) is 1. The van der Waals surface area contributed by atoms with E-state index in [9.17, 15) is 14.4 Å². The molecule has 1 saturated heterocycles. The number of thioether (sulfide) groups is 1. The predicted octanol–water partition coefficient (Wildman–Crippen LogP) is 2.18. The molecule has 25 heavy (non-hydrogen) atoms. The molecule has 0 radical (unpaired) electrons. The average Bonchev–Trinajstić information content (AvgIpc) is 2.82. The number of benzene rings is 1. The lowest BCUT2D eigenvalue weighted by Gasteiger charge is -2.22. The standard InChI is InChI=1S/C17H18N2O4S2/c1-10-5-3-4-6-12(10)9-13-16(23)19(17(24)25-13)11(2)15(22)18-8-7-14(20)21/h3-6,9,11H,7-8H2,1-2H3,(H,18,22)(H,20,21)/b13-9-. The van der Waals surface area contributed by atoms with E-state index in [-0.39, 0.29) is 18.9 Å². The van der Waals surface area contributed by atoms with Gasteiger partial charge in [0.25, 0.3) is 5.91 Å². The summed E-state index contributed by atoms with van der Waals surface area (Å²) in [5.74, 6) is -1.76. The number of nitrogens with one attached hydrogen (secondary N) is 1. The molecule has 1 atom stereocenters. The first kappa shape index (κ1) is 19.1. The molecule has 1 aliphatic heterocycles. The SMILES string of the molecule is Cc1ccccc1/C=C1\SC(=S)N(C(C)C(=O)NCCC(=O)O)C1=O. The van der Waals surface area contributed by atoms with Gasteiger partial charge in [-0.05, 0) is 31.1 Å². The Morgan fingerprint density at radius 1 is 1.40 bits per heavy atom. The summed E-state index contributed by atoms with van der Waals surface area (Å²) in [7, 11) is 0. The molecule has 1 aromatic rings. The Hall–Kier alpha value is -2.19. The molecule has 6 nitrogen and oxygen atoms in total. The van der Waals surface area contributed by atoms with Crippen molar-refractivity contribution < 1.29 is 19.5 Å². The first-order chi connectivity index (χ1) is 11.8. The molecule has 2 N–H and O–H groups in total. The second-order valence-corrected chi connectivity index (χ2v) is 7.19. The van der Waals surface area contributed by atoms with Crippen LogP contribution in [0.2, 0.25) is 0 Å². The zero-order valence-corrected chi connectivity index (χ0v) is 15.4. The molecule has 0 aromatic heterocycles. The lowest BCUT2D eigenvalue weighted by atomic mass is 10.1. The largest absolute Gasteiger partial charge is 0.481 e. The molecule has 0 spiro atoms. The summed E-state index contributed by atoms with van der Waals surface area (Å²) in [5, 5.41) is 11.1. The van der Waals surface area contributed by atoms with Gasteiger partial charge in [0.05, 0.1) is 11.3 Å². The number of nitrogens with zero attached hydrogens (tertiary/aromatic N) is 1. The Labute approximate surface area is 155 Å². The van der Waals surface area contributed by atoms with Crippen LogP contribution in [-0.2, 0) is 14.4 Å². The Morgan fingerprint density at radius 2 is 2.08 bits per heavy atom. The number of aliphatic carboxylic acids is 1. The second kappa shape index (κ2) is 8.26. The Balaban J connectivity index is 2.11. The minimum absolute atomic E-state index is 0.00630. The van der Waals surface area contributed by atoms with Crippen molar-refractivity contribution in [3.8, 4) is 0 Å². The van der Waals surface area contributed by atoms with Gasteiger partial charge < -0.3 is 10.4 Å². The summed E-state index contributed by atoms with van der Waals surface area (Å²) < 4.78 is 0.311. The number of carboxylic acids is 1. The number of rotatable bonds is 6. The predicted molar refractivity (Wildman–Crippen MR) is 101 cm³/mol. The van der Waals surface area contributed by atoms with Gasteiger partial charge in [-0.15, -0.1) is 0 Å². The summed E-state index contributed by atoms with van der Waals surface area (Å²) in [6.45, 7) is 3.52. The molecule has 8 heteroatoms. The molecule has 0 aliphatic carbocycles. The summed E-state index contributed by atoms with van der Waals surface area (Å²) in [6, 6.07) is 6.86. The topological polar surface area (TPSA) is 86.7 Å². The van der Waals surface area contributed by atoms with Crippen LogP contribution in [0, 0.1) is 6.92 Å². The van der Waals surface area contributed by atoms with Gasteiger partial charge in [0.2, 0.25) is 5.91 Å². The highest BCUT2D eigenvalue weighted by Gasteiger charge is 2.38. The van der Waals surface area contributed by atoms with Gasteiger partial charge in [0, 0.05) is 6.54 Å². The second-order valence-electron chi connectivity index (χ2n) is 5.52. The quantitative estimate of drug-likeness (QED) is 0.583. The lowest BCUT2D eigenvalue weighted by molar-refractivity contribution is -0.137. The fourth-order valence-corrected chi connectivity index (χ4v) is 3.67. The zero-order chi connectivity index (χ0) is 18.6. The van der Waals surface area contributed by atoms with Gasteiger partial charge in [-0.3, -0.25) is 19.3 Å². The summed E-state index contributed by atoms with van der Waals surface area (Å²) in [6.07, 6.45) is 1.59. The molecule has 1 aliphatic rings. The first-order valence-electron chi connectivity index (χ1n) is 7.63. The van der Waals surface area contributed by atoms with Crippen LogP contribution in [0.1, 0.15) is 24.5 Å². The van der Waals surface area contributed by atoms with Crippen molar-refractivity contribution in [3.05, 3.63) is 40.3 Å². The van der Waals surface area contributed by atoms with Crippen LogP contribution in [0.4, 0.5) is 0 Å². The van der Waals surface area contributed by atoms with Crippen LogP contribution >= 0.6 is 24.0 Å². The van der Waals surface area contributed by atoms with Crippen LogP contribution < -0.4 is 5.32 Å². The highest BCUT2D eigenvalue weighted by atomic mass is 32.2. The van der Waals surface area contributed by atoms with Gasteiger partial charge in [0.1, 0.15) is 10.4 Å². The van der Waals surface area contributed by atoms with Crippen LogP contribution in [0.25, 0.3) is 6.08 Å². The van der Waals surface area contributed by atoms with Crippen LogP contribution in [-0.4, -0.2) is 44.7 Å². The van der Waals surface area contributed by atoms with Crippen molar-refractivity contribution in [1.82, 2.24) is 10.2 Å². The first-order valence-corrected chi connectivity index (χ1v) is 8.86. The highest BCUT2D eigenvalue weighted by Crippen LogP contribution is 2.34. The Bertz CT molecular complexity index is 761. The highest BCUT2D eigenvalue weighted by molar-refractivity contribution is 8.26. The molecule has 132 valence electrons.